The monoisotopic (exact) mass is 224 g/mol. The number of alkyl halides is 1. The fourth-order valence-corrected chi connectivity index (χ4v) is 1.69. The third-order valence-corrected chi connectivity index (χ3v) is 2.65. The van der Waals surface area contributed by atoms with Crippen LogP contribution in [0.4, 0.5) is 4.39 Å². The summed E-state index contributed by atoms with van der Waals surface area (Å²) in [6, 6.07) is 0. The molecule has 1 heterocycles. The lowest BCUT2D eigenvalue weighted by atomic mass is 10.1. The van der Waals surface area contributed by atoms with E-state index in [2.05, 4.69) is 6.30 Å². The number of hydrogen-bond acceptors (Lipinski definition) is 4. The SMILES string of the molecule is C=P(O)(O)/C=C/[C@H]1O[C@@H](C)[C@@H](F)C1O. The zero-order valence-electron chi connectivity index (χ0n) is 7.75. The van der Waals surface area contributed by atoms with Crippen molar-refractivity contribution >= 4 is 13.6 Å². The van der Waals surface area contributed by atoms with E-state index in [1.54, 1.807) is 0 Å². The van der Waals surface area contributed by atoms with Crippen molar-refractivity contribution in [1.29, 1.82) is 0 Å². The molecule has 0 radical (unpaired) electrons. The highest BCUT2D eigenvalue weighted by Gasteiger charge is 2.40. The molecule has 1 aliphatic rings. The standard InChI is InChI=1S/C8H14FO4P/c1-5-7(9)8(10)6(13-5)3-4-14(2,11)12/h3-8,10-12H,2H2,1H3/b4-3+/t5-,6+,7+,8?/m0/s1. The number of rotatable bonds is 2. The number of aliphatic hydroxyl groups excluding tert-OH is 1. The minimum atomic E-state index is -3.28. The maximum absolute atomic E-state index is 13.0. The van der Waals surface area contributed by atoms with Crippen molar-refractivity contribution in [3.05, 3.63) is 11.9 Å². The van der Waals surface area contributed by atoms with Gasteiger partial charge in [0.2, 0.25) is 0 Å². The van der Waals surface area contributed by atoms with Crippen LogP contribution >= 0.6 is 7.34 Å². The summed E-state index contributed by atoms with van der Waals surface area (Å²) in [5, 5.41) is 9.30. The molecule has 0 aromatic rings. The van der Waals surface area contributed by atoms with Gasteiger partial charge in [-0.05, 0) is 25.1 Å². The lowest BCUT2D eigenvalue weighted by molar-refractivity contribution is 0.0468. The van der Waals surface area contributed by atoms with Crippen LogP contribution < -0.4 is 0 Å². The van der Waals surface area contributed by atoms with Gasteiger partial charge in [0.15, 0.2) is 6.17 Å². The molecule has 1 fully saturated rings. The van der Waals surface area contributed by atoms with Crippen molar-refractivity contribution in [2.24, 2.45) is 0 Å². The molecule has 82 valence electrons. The maximum Gasteiger partial charge on any atom is 0.154 e. The predicted octanol–water partition coefficient (Wildman–Crippen LogP) is 0.251. The Kier molecular flexibility index (Phi) is 3.50. The van der Waals surface area contributed by atoms with Crippen molar-refractivity contribution < 1.29 is 24.0 Å². The van der Waals surface area contributed by atoms with Gasteiger partial charge in [0.25, 0.3) is 0 Å². The Labute approximate surface area is 81.8 Å². The maximum atomic E-state index is 13.0. The first-order valence-corrected chi connectivity index (χ1v) is 6.12. The predicted molar refractivity (Wildman–Crippen MR) is 52.9 cm³/mol. The van der Waals surface area contributed by atoms with E-state index in [4.69, 9.17) is 14.5 Å². The van der Waals surface area contributed by atoms with Crippen LogP contribution in [0.15, 0.2) is 11.9 Å². The largest absolute Gasteiger partial charge is 0.387 e. The molecule has 1 rings (SSSR count). The highest BCUT2D eigenvalue weighted by Crippen LogP contribution is 2.36. The van der Waals surface area contributed by atoms with Gasteiger partial charge >= 0.3 is 0 Å². The summed E-state index contributed by atoms with van der Waals surface area (Å²) in [6.07, 6.45) is 0.117. The summed E-state index contributed by atoms with van der Waals surface area (Å²) in [7, 11) is -3.28. The second-order valence-electron chi connectivity index (χ2n) is 3.37. The van der Waals surface area contributed by atoms with Crippen LogP contribution in [0, 0.1) is 0 Å². The molecule has 14 heavy (non-hydrogen) atoms. The average molecular weight is 224 g/mol. The summed E-state index contributed by atoms with van der Waals surface area (Å²) < 4.78 is 18.1. The lowest BCUT2D eigenvalue weighted by Gasteiger charge is -2.10. The Bertz CT molecular complexity index is 275. The van der Waals surface area contributed by atoms with Crippen LogP contribution in [-0.2, 0) is 4.74 Å². The van der Waals surface area contributed by atoms with Crippen LogP contribution in [0.25, 0.3) is 0 Å². The lowest BCUT2D eigenvalue weighted by Crippen LogP contribution is -2.27. The van der Waals surface area contributed by atoms with Crippen molar-refractivity contribution in [2.45, 2.75) is 31.4 Å². The molecule has 1 saturated heterocycles. The Morgan fingerprint density at radius 3 is 2.43 bits per heavy atom. The van der Waals surface area contributed by atoms with Crippen molar-refractivity contribution in [2.75, 3.05) is 0 Å². The molecule has 0 aliphatic carbocycles. The third kappa shape index (κ3) is 2.90. The second-order valence-corrected chi connectivity index (χ2v) is 5.24. The van der Waals surface area contributed by atoms with E-state index in [1.165, 1.54) is 13.0 Å². The minimum Gasteiger partial charge on any atom is -0.387 e. The topological polar surface area (TPSA) is 69.9 Å². The van der Waals surface area contributed by atoms with Crippen LogP contribution in [-0.4, -0.2) is 45.7 Å². The summed E-state index contributed by atoms with van der Waals surface area (Å²) >= 11 is 0. The van der Waals surface area contributed by atoms with E-state index >= 15 is 0 Å². The quantitative estimate of drug-likeness (QED) is 0.588. The molecule has 0 saturated carbocycles. The first-order valence-electron chi connectivity index (χ1n) is 4.17. The molecule has 0 amide bonds. The van der Waals surface area contributed by atoms with Gasteiger partial charge in [-0.2, -0.15) is 0 Å². The molecule has 0 bridgehead atoms. The average Bonchev–Trinajstić information content (AvgIpc) is 2.28. The third-order valence-electron chi connectivity index (χ3n) is 2.00. The van der Waals surface area contributed by atoms with Crippen LogP contribution in [0.3, 0.4) is 0 Å². The zero-order chi connectivity index (χ0) is 10.9. The second kappa shape index (κ2) is 4.13. The molecule has 0 aromatic heterocycles. The van der Waals surface area contributed by atoms with Crippen LogP contribution in [0.2, 0.25) is 0 Å². The first kappa shape index (κ1) is 11.9. The number of halogens is 1. The van der Waals surface area contributed by atoms with E-state index in [-0.39, 0.29) is 0 Å². The Morgan fingerprint density at radius 2 is 2.07 bits per heavy atom. The molecule has 1 aliphatic heterocycles. The highest BCUT2D eigenvalue weighted by molar-refractivity contribution is 7.65. The van der Waals surface area contributed by atoms with E-state index < -0.39 is 31.8 Å². The molecule has 4 nitrogen and oxygen atoms in total. The van der Waals surface area contributed by atoms with Gasteiger partial charge in [-0.1, -0.05) is 0 Å². The molecule has 1 unspecified atom stereocenters. The van der Waals surface area contributed by atoms with E-state index in [9.17, 15) is 9.50 Å². The highest BCUT2D eigenvalue weighted by atomic mass is 31.2. The van der Waals surface area contributed by atoms with Gasteiger partial charge in [-0.25, -0.2) is 4.39 Å². The minimum absolute atomic E-state index is 0.686. The van der Waals surface area contributed by atoms with Crippen LogP contribution in [0.1, 0.15) is 6.92 Å². The summed E-state index contributed by atoms with van der Waals surface area (Å²) in [6.45, 7) is 1.51. The fraction of sp³-hybridized carbons (Fsp3) is 0.625. The van der Waals surface area contributed by atoms with Gasteiger partial charge in [-0.3, -0.25) is 0 Å². The number of aliphatic hydroxyl groups is 1. The Balaban J connectivity index is 2.64. The van der Waals surface area contributed by atoms with Crippen LogP contribution in [0.5, 0.6) is 0 Å². The smallest absolute Gasteiger partial charge is 0.154 e. The molecule has 0 aromatic carbocycles. The van der Waals surface area contributed by atoms with E-state index in [0.717, 1.165) is 5.82 Å². The summed E-state index contributed by atoms with van der Waals surface area (Å²) in [5.41, 5.74) is 0. The first-order chi connectivity index (χ1) is 6.31. The zero-order valence-corrected chi connectivity index (χ0v) is 8.64. The Hall–Kier alpha value is -0.190. The molecule has 3 N–H and O–H groups in total. The van der Waals surface area contributed by atoms with Gasteiger partial charge in [-0.15, -0.1) is 0 Å². The van der Waals surface area contributed by atoms with Crippen molar-refractivity contribution in [3.63, 3.8) is 0 Å². The van der Waals surface area contributed by atoms with Gasteiger partial charge < -0.3 is 19.6 Å². The van der Waals surface area contributed by atoms with E-state index in [1.807, 2.05) is 0 Å². The number of ether oxygens (including phenoxy) is 1. The fourth-order valence-electron chi connectivity index (χ4n) is 1.24. The summed E-state index contributed by atoms with van der Waals surface area (Å²) in [5.74, 6) is 1.05. The van der Waals surface area contributed by atoms with Crippen molar-refractivity contribution in [3.8, 4) is 0 Å². The van der Waals surface area contributed by atoms with Crippen molar-refractivity contribution in [1.82, 2.24) is 0 Å². The van der Waals surface area contributed by atoms with Gasteiger partial charge in [0.1, 0.15) is 19.5 Å². The van der Waals surface area contributed by atoms with Gasteiger partial charge in [0.05, 0.1) is 6.10 Å². The van der Waals surface area contributed by atoms with E-state index in [0.29, 0.717) is 0 Å². The Morgan fingerprint density at radius 1 is 1.50 bits per heavy atom. The molecule has 4 atom stereocenters. The molecule has 0 spiro atoms. The summed E-state index contributed by atoms with van der Waals surface area (Å²) in [4.78, 5) is 17.9. The molecule has 6 heteroatoms. The molecular weight excluding hydrogens is 210 g/mol. The normalized spacial score (nSPS) is 39.5. The number of hydrogen-bond donors (Lipinski definition) is 3. The molecular formula is C8H14FO4P. The van der Waals surface area contributed by atoms with Gasteiger partial charge in [0, 0.05) is 0 Å².